The number of hydrogen-bond donors (Lipinski definition) is 0. The van der Waals surface area contributed by atoms with Gasteiger partial charge < -0.3 is 9.47 Å². The summed E-state index contributed by atoms with van der Waals surface area (Å²) in [4.78, 5) is 12.1. The van der Waals surface area contributed by atoms with Gasteiger partial charge in [0.25, 0.3) is 0 Å². The van der Waals surface area contributed by atoms with Gasteiger partial charge in [-0.25, -0.2) is 4.79 Å². The van der Waals surface area contributed by atoms with E-state index in [4.69, 9.17) is 27.5 Å². The molecule has 126 valence electrons. The van der Waals surface area contributed by atoms with Crippen molar-refractivity contribution in [3.63, 3.8) is 0 Å². The van der Waals surface area contributed by atoms with Crippen molar-refractivity contribution in [2.45, 2.75) is 6.61 Å². The van der Waals surface area contributed by atoms with E-state index in [2.05, 4.69) is 12.5 Å². The molecule has 2 aromatic rings. The summed E-state index contributed by atoms with van der Waals surface area (Å²) in [7, 11) is 1.27. The lowest BCUT2D eigenvalue weighted by molar-refractivity contribution is -0.135. The average molecular weight is 353 g/mol. The highest BCUT2D eigenvalue weighted by molar-refractivity contribution is 6.30. The van der Waals surface area contributed by atoms with Crippen molar-refractivity contribution in [3.05, 3.63) is 82.4 Å². The monoisotopic (exact) mass is 352 g/mol. The van der Waals surface area contributed by atoms with E-state index in [1.807, 2.05) is 30.3 Å². The predicted octanol–water partition coefficient (Wildman–Crippen LogP) is 4.72. The van der Waals surface area contributed by atoms with E-state index < -0.39 is 5.97 Å². The molecule has 4 heteroatoms. The first-order valence-electron chi connectivity index (χ1n) is 7.49. The molecule has 0 unspecified atom stereocenters. The molecule has 0 aliphatic carbocycles. The van der Waals surface area contributed by atoms with Crippen LogP contribution in [-0.2, 0) is 20.9 Å². The Hall–Kier alpha value is -2.96. The van der Waals surface area contributed by atoms with Crippen LogP contribution in [0.4, 0.5) is 0 Å². The Labute approximate surface area is 152 Å². The third-order valence-electron chi connectivity index (χ3n) is 3.47. The van der Waals surface area contributed by atoms with Crippen molar-refractivity contribution in [2.24, 2.45) is 0 Å². The van der Waals surface area contributed by atoms with Crippen molar-refractivity contribution in [2.75, 3.05) is 7.11 Å². The van der Waals surface area contributed by atoms with E-state index in [-0.39, 0.29) is 17.9 Å². The number of carbonyl (C=O) groups is 1. The summed E-state index contributed by atoms with van der Waals surface area (Å²) in [6.07, 6.45) is 7.16. The van der Waals surface area contributed by atoms with Gasteiger partial charge in [0.1, 0.15) is 6.61 Å². The molecule has 0 bridgehead atoms. The summed E-state index contributed by atoms with van der Waals surface area (Å²) in [6.45, 7) is 4.03. The standard InChI is InChI=1S/C21H17ClO3/c1-4-16-13-17(22)11-12-19(16)20(18(5-2)21(23)24-3)25-14-15-9-7-6-8-10-15/h2,4,6-13H,1,14H2,3H3/b20-18-. The van der Waals surface area contributed by atoms with Crippen LogP contribution in [0.1, 0.15) is 16.7 Å². The fourth-order valence-electron chi connectivity index (χ4n) is 2.24. The molecule has 0 aliphatic heterocycles. The normalized spacial score (nSPS) is 11.1. The number of methoxy groups -OCH3 is 1. The molecule has 0 spiro atoms. The van der Waals surface area contributed by atoms with Gasteiger partial charge >= 0.3 is 5.97 Å². The molecule has 2 rings (SSSR count). The Morgan fingerprint density at radius 1 is 1.28 bits per heavy atom. The largest absolute Gasteiger partial charge is 0.487 e. The lowest BCUT2D eigenvalue weighted by atomic mass is 10.0. The van der Waals surface area contributed by atoms with E-state index in [1.165, 1.54) is 7.11 Å². The number of terminal acetylenes is 1. The second-order valence-corrected chi connectivity index (χ2v) is 5.49. The smallest absolute Gasteiger partial charge is 0.350 e. The Balaban J connectivity index is 2.53. The molecule has 25 heavy (non-hydrogen) atoms. The van der Waals surface area contributed by atoms with Crippen LogP contribution >= 0.6 is 11.6 Å². The molecule has 0 saturated carbocycles. The van der Waals surface area contributed by atoms with Crippen LogP contribution in [0.15, 0.2) is 60.7 Å². The molecule has 0 radical (unpaired) electrons. The van der Waals surface area contributed by atoms with Crippen LogP contribution < -0.4 is 0 Å². The minimum absolute atomic E-state index is 0.00357. The number of hydrogen-bond acceptors (Lipinski definition) is 3. The van der Waals surface area contributed by atoms with Crippen molar-refractivity contribution < 1.29 is 14.3 Å². The lowest BCUT2D eigenvalue weighted by Crippen LogP contribution is -2.09. The summed E-state index contributed by atoms with van der Waals surface area (Å²) in [6, 6.07) is 14.7. The Kier molecular flexibility index (Phi) is 6.45. The van der Waals surface area contributed by atoms with Gasteiger partial charge in [0.2, 0.25) is 0 Å². The molecule has 0 heterocycles. The van der Waals surface area contributed by atoms with Crippen LogP contribution in [0.25, 0.3) is 11.8 Å². The van der Waals surface area contributed by atoms with Gasteiger partial charge in [0.05, 0.1) is 7.11 Å². The minimum Gasteiger partial charge on any atom is -0.487 e. The van der Waals surface area contributed by atoms with Gasteiger partial charge in [-0.05, 0) is 29.3 Å². The summed E-state index contributed by atoms with van der Waals surface area (Å²) in [5, 5.41) is 0.543. The lowest BCUT2D eigenvalue weighted by Gasteiger charge is -2.15. The Morgan fingerprint density at radius 2 is 2.00 bits per heavy atom. The molecular weight excluding hydrogens is 336 g/mol. The molecule has 0 fully saturated rings. The zero-order chi connectivity index (χ0) is 18.2. The number of halogens is 1. The fourth-order valence-corrected chi connectivity index (χ4v) is 2.42. The molecule has 0 saturated heterocycles. The van der Waals surface area contributed by atoms with E-state index in [9.17, 15) is 4.79 Å². The van der Waals surface area contributed by atoms with Gasteiger partial charge in [-0.3, -0.25) is 0 Å². The number of ether oxygens (including phenoxy) is 2. The first kappa shape index (κ1) is 18.4. The quantitative estimate of drug-likeness (QED) is 0.327. The van der Waals surface area contributed by atoms with Gasteiger partial charge in [0.15, 0.2) is 11.3 Å². The van der Waals surface area contributed by atoms with Gasteiger partial charge in [-0.2, -0.15) is 0 Å². The molecule has 0 aromatic heterocycles. The third kappa shape index (κ3) is 4.53. The highest BCUT2D eigenvalue weighted by Gasteiger charge is 2.19. The van der Waals surface area contributed by atoms with Crippen LogP contribution in [0.3, 0.4) is 0 Å². The van der Waals surface area contributed by atoms with Crippen molar-refractivity contribution >= 4 is 29.4 Å². The van der Waals surface area contributed by atoms with Crippen molar-refractivity contribution in [3.8, 4) is 12.3 Å². The van der Waals surface area contributed by atoms with E-state index in [0.717, 1.165) is 5.56 Å². The molecule has 0 N–H and O–H groups in total. The molecular formula is C21H17ClO3. The highest BCUT2D eigenvalue weighted by atomic mass is 35.5. The van der Waals surface area contributed by atoms with Gasteiger partial charge in [0, 0.05) is 10.6 Å². The number of esters is 1. The zero-order valence-corrected chi connectivity index (χ0v) is 14.5. The second-order valence-electron chi connectivity index (χ2n) is 5.05. The van der Waals surface area contributed by atoms with Crippen molar-refractivity contribution in [1.29, 1.82) is 0 Å². The predicted molar refractivity (Wildman–Crippen MR) is 101 cm³/mol. The van der Waals surface area contributed by atoms with Gasteiger partial charge in [-0.1, -0.05) is 60.5 Å². The van der Waals surface area contributed by atoms with Crippen LogP contribution in [-0.4, -0.2) is 13.1 Å². The summed E-state index contributed by atoms with van der Waals surface area (Å²) in [5.74, 6) is 1.98. The third-order valence-corrected chi connectivity index (χ3v) is 3.70. The number of carbonyl (C=O) groups excluding carboxylic acids is 1. The number of benzene rings is 2. The Bertz CT molecular complexity index is 845. The van der Waals surface area contributed by atoms with Crippen LogP contribution in [0.5, 0.6) is 0 Å². The first-order valence-corrected chi connectivity index (χ1v) is 7.86. The maximum atomic E-state index is 12.1. The summed E-state index contributed by atoms with van der Waals surface area (Å²) < 4.78 is 10.7. The maximum Gasteiger partial charge on any atom is 0.350 e. The number of rotatable bonds is 6. The van der Waals surface area contributed by atoms with Crippen molar-refractivity contribution in [1.82, 2.24) is 0 Å². The van der Waals surface area contributed by atoms with Gasteiger partial charge in [-0.15, -0.1) is 6.42 Å². The zero-order valence-electron chi connectivity index (χ0n) is 13.8. The van der Waals surface area contributed by atoms with Crippen LogP contribution in [0, 0.1) is 12.3 Å². The summed E-state index contributed by atoms with van der Waals surface area (Å²) in [5.41, 5.74) is 2.26. The van der Waals surface area contributed by atoms with Crippen LogP contribution in [0.2, 0.25) is 5.02 Å². The molecule has 0 amide bonds. The van der Waals surface area contributed by atoms with E-state index in [0.29, 0.717) is 16.1 Å². The van der Waals surface area contributed by atoms with E-state index >= 15 is 0 Å². The highest BCUT2D eigenvalue weighted by Crippen LogP contribution is 2.28. The molecule has 2 aromatic carbocycles. The SMILES string of the molecule is C#C/C(C(=O)OC)=C(/OCc1ccccc1)c1ccc(Cl)cc1C=C. The van der Waals surface area contributed by atoms with E-state index in [1.54, 1.807) is 24.3 Å². The fraction of sp³-hybridized carbons (Fsp3) is 0.0952. The summed E-state index contributed by atoms with van der Waals surface area (Å²) >= 11 is 6.04. The Morgan fingerprint density at radius 3 is 2.60 bits per heavy atom. The first-order chi connectivity index (χ1) is 12.1. The molecule has 0 aliphatic rings. The minimum atomic E-state index is -0.643. The maximum absolute atomic E-state index is 12.1. The average Bonchev–Trinajstić information content (AvgIpc) is 2.65. The molecule has 3 nitrogen and oxygen atoms in total. The topological polar surface area (TPSA) is 35.5 Å². The second kappa shape index (κ2) is 8.77. The molecule has 0 atom stereocenters.